The van der Waals surface area contributed by atoms with E-state index >= 15 is 0 Å². The van der Waals surface area contributed by atoms with Crippen molar-refractivity contribution in [3.05, 3.63) is 72.8 Å². The lowest BCUT2D eigenvalue weighted by Crippen LogP contribution is -2.44. The second kappa shape index (κ2) is 11.7. The molecule has 3 heterocycles. The highest BCUT2D eigenvalue weighted by molar-refractivity contribution is 6.02. The molecule has 2 saturated heterocycles. The van der Waals surface area contributed by atoms with Crippen LogP contribution in [0.4, 0.5) is 33.1 Å². The number of carbonyl (C=O) groups is 1. The second-order valence-electron chi connectivity index (χ2n) is 9.46. The van der Waals surface area contributed by atoms with Crippen molar-refractivity contribution in [2.75, 3.05) is 67.5 Å². The summed E-state index contributed by atoms with van der Waals surface area (Å²) in [6.07, 6.45) is 3.38. The molecule has 39 heavy (non-hydrogen) atoms. The number of ether oxygens (including phenoxy) is 1. The number of methoxy groups -OCH3 is 1. The predicted octanol–water partition coefficient (Wildman–Crippen LogP) is 4.13. The number of nitrogens with one attached hydrogen (secondary N) is 2. The van der Waals surface area contributed by atoms with E-state index in [4.69, 9.17) is 9.57 Å². The van der Waals surface area contributed by atoms with Gasteiger partial charge in [0.25, 0.3) is 0 Å². The maximum absolute atomic E-state index is 13.9. The minimum atomic E-state index is -0.305. The number of hydrogen-bond donors (Lipinski definition) is 2. The molecule has 2 fully saturated rings. The molecule has 2 aliphatic heterocycles. The molecule has 3 aromatic rings. The first-order valence-electron chi connectivity index (χ1n) is 12.8. The lowest BCUT2D eigenvalue weighted by molar-refractivity contribution is -0.111. The largest absolute Gasteiger partial charge is 0.494 e. The second-order valence-corrected chi connectivity index (χ2v) is 9.46. The van der Waals surface area contributed by atoms with E-state index in [0.717, 1.165) is 37.4 Å². The van der Waals surface area contributed by atoms with E-state index in [1.54, 1.807) is 24.3 Å². The molecule has 1 atom stereocenters. The van der Waals surface area contributed by atoms with Gasteiger partial charge in [0.2, 0.25) is 5.91 Å². The van der Waals surface area contributed by atoms with Crippen LogP contribution < -0.4 is 25.3 Å². The van der Waals surface area contributed by atoms with Gasteiger partial charge in [0.05, 0.1) is 36.8 Å². The van der Waals surface area contributed by atoms with Crippen molar-refractivity contribution in [3.63, 3.8) is 0 Å². The highest BCUT2D eigenvalue weighted by Gasteiger charge is 2.29. The van der Waals surface area contributed by atoms with Crippen molar-refractivity contribution in [2.24, 2.45) is 0 Å². The summed E-state index contributed by atoms with van der Waals surface area (Å²) in [5.41, 5.74) is 2.93. The Morgan fingerprint density at radius 3 is 2.72 bits per heavy atom. The zero-order chi connectivity index (χ0) is 27.4. The van der Waals surface area contributed by atoms with Crippen LogP contribution in [0.5, 0.6) is 5.75 Å². The Bertz CT molecular complexity index is 1350. The van der Waals surface area contributed by atoms with Gasteiger partial charge in [-0.05, 0) is 36.9 Å². The van der Waals surface area contributed by atoms with Crippen LogP contribution in [0, 0.1) is 5.82 Å². The average Bonchev–Trinajstić information content (AvgIpc) is 3.44. The van der Waals surface area contributed by atoms with Gasteiger partial charge in [-0.25, -0.2) is 19.4 Å². The Morgan fingerprint density at radius 1 is 1.15 bits per heavy atom. The van der Waals surface area contributed by atoms with Crippen molar-refractivity contribution in [3.8, 4) is 5.75 Å². The standard InChI is InChI=1S/C28H32FN7O3/c1-4-28(37)33-21-15-22(25(38-3)16-24(21)35-11-9-34(2)10-12-35)32-26-17-27(31-18-30-26)36-23(8-13-39-36)19-6-5-7-20(29)14-19/h4-7,14-18,23H,1,8-13H2,2-3H3,(H,33,37)(H,30,31,32)/t23-/m1/s1. The molecule has 204 valence electrons. The van der Waals surface area contributed by atoms with Gasteiger partial charge in [0.15, 0.2) is 5.82 Å². The summed E-state index contributed by atoms with van der Waals surface area (Å²) < 4.78 is 19.6. The van der Waals surface area contributed by atoms with Crippen LogP contribution in [-0.4, -0.2) is 67.7 Å². The molecule has 1 aromatic heterocycles. The molecule has 0 unspecified atom stereocenters. The van der Waals surface area contributed by atoms with E-state index in [1.165, 1.54) is 24.5 Å². The van der Waals surface area contributed by atoms with Crippen LogP contribution in [0.1, 0.15) is 18.0 Å². The molecule has 0 aliphatic carbocycles. The average molecular weight is 534 g/mol. The molecule has 2 N–H and O–H groups in total. The van der Waals surface area contributed by atoms with E-state index in [0.29, 0.717) is 41.8 Å². The number of benzene rings is 2. The number of rotatable bonds is 8. The summed E-state index contributed by atoms with van der Waals surface area (Å²) >= 11 is 0. The quantitative estimate of drug-likeness (QED) is 0.415. The number of piperazine rings is 1. The zero-order valence-corrected chi connectivity index (χ0v) is 22.1. The Labute approximate surface area is 227 Å². The van der Waals surface area contributed by atoms with Crippen molar-refractivity contribution >= 4 is 34.6 Å². The van der Waals surface area contributed by atoms with Gasteiger partial charge in [0.1, 0.15) is 23.7 Å². The third kappa shape index (κ3) is 5.94. The number of carbonyl (C=O) groups excluding carboxylic acids is 1. The zero-order valence-electron chi connectivity index (χ0n) is 22.1. The van der Waals surface area contributed by atoms with E-state index in [9.17, 15) is 9.18 Å². The number of likely N-dealkylation sites (N-methyl/N-ethyl adjacent to an activating group) is 1. The fraction of sp³-hybridized carbons (Fsp3) is 0.321. The number of anilines is 5. The van der Waals surface area contributed by atoms with Gasteiger partial charge < -0.3 is 25.2 Å². The SMILES string of the molecule is C=CC(=O)Nc1cc(Nc2cc(N3OCC[C@@H]3c3cccc(F)c3)ncn2)c(OC)cc1N1CCN(C)CC1. The third-order valence-electron chi connectivity index (χ3n) is 6.88. The Hall–Kier alpha value is -4.22. The van der Waals surface area contributed by atoms with Gasteiger partial charge in [-0.1, -0.05) is 18.7 Å². The van der Waals surface area contributed by atoms with Crippen molar-refractivity contribution in [1.82, 2.24) is 14.9 Å². The molecule has 5 rings (SSSR count). The van der Waals surface area contributed by atoms with Crippen LogP contribution in [0.25, 0.3) is 0 Å². The minimum Gasteiger partial charge on any atom is -0.494 e. The highest BCUT2D eigenvalue weighted by atomic mass is 19.1. The molecule has 2 aliphatic rings. The van der Waals surface area contributed by atoms with E-state index in [-0.39, 0.29) is 17.8 Å². The smallest absolute Gasteiger partial charge is 0.247 e. The first-order chi connectivity index (χ1) is 18.9. The molecule has 11 heteroatoms. The molecule has 0 bridgehead atoms. The Balaban J connectivity index is 1.44. The number of hydrogen-bond acceptors (Lipinski definition) is 9. The molecular formula is C28H32FN7O3. The predicted molar refractivity (Wildman–Crippen MR) is 149 cm³/mol. The van der Waals surface area contributed by atoms with Gasteiger partial charge in [-0.2, -0.15) is 0 Å². The first kappa shape index (κ1) is 26.4. The van der Waals surface area contributed by atoms with E-state index < -0.39 is 0 Å². The van der Waals surface area contributed by atoms with Gasteiger partial charge in [0, 0.05) is 44.7 Å². The summed E-state index contributed by atoms with van der Waals surface area (Å²) in [7, 11) is 3.69. The van der Waals surface area contributed by atoms with Crippen LogP contribution >= 0.6 is 0 Å². The molecule has 2 aromatic carbocycles. The van der Waals surface area contributed by atoms with Crippen molar-refractivity contribution < 1.29 is 18.8 Å². The lowest BCUT2D eigenvalue weighted by Gasteiger charge is -2.35. The maximum atomic E-state index is 13.9. The normalized spacial score (nSPS) is 17.7. The number of amides is 1. The highest BCUT2D eigenvalue weighted by Crippen LogP contribution is 2.40. The van der Waals surface area contributed by atoms with Gasteiger partial charge >= 0.3 is 0 Å². The van der Waals surface area contributed by atoms with E-state index in [2.05, 4.69) is 44.0 Å². The molecular weight excluding hydrogens is 501 g/mol. The van der Waals surface area contributed by atoms with E-state index in [1.807, 2.05) is 18.2 Å². The summed E-state index contributed by atoms with van der Waals surface area (Å²) in [5.74, 6) is 1.03. The molecule has 0 spiro atoms. The topological polar surface area (TPSA) is 95.1 Å². The maximum Gasteiger partial charge on any atom is 0.247 e. The molecule has 0 saturated carbocycles. The third-order valence-corrected chi connectivity index (χ3v) is 6.88. The Kier molecular flexibility index (Phi) is 7.89. The number of nitrogens with zero attached hydrogens (tertiary/aromatic N) is 5. The number of hydroxylamine groups is 1. The van der Waals surface area contributed by atoms with Crippen molar-refractivity contribution in [1.29, 1.82) is 0 Å². The first-order valence-corrected chi connectivity index (χ1v) is 12.8. The summed E-state index contributed by atoms with van der Waals surface area (Å²) in [5, 5.41) is 7.91. The van der Waals surface area contributed by atoms with Gasteiger partial charge in [-0.15, -0.1) is 0 Å². The van der Waals surface area contributed by atoms with Crippen LogP contribution in [0.15, 0.2) is 61.4 Å². The minimum absolute atomic E-state index is 0.179. The van der Waals surface area contributed by atoms with Crippen LogP contribution in [-0.2, 0) is 9.63 Å². The Morgan fingerprint density at radius 2 is 1.97 bits per heavy atom. The molecule has 0 radical (unpaired) electrons. The number of halogens is 1. The van der Waals surface area contributed by atoms with Gasteiger partial charge in [-0.3, -0.25) is 9.63 Å². The molecule has 1 amide bonds. The van der Waals surface area contributed by atoms with Crippen LogP contribution in [0.3, 0.4) is 0 Å². The van der Waals surface area contributed by atoms with Crippen molar-refractivity contribution in [2.45, 2.75) is 12.5 Å². The monoisotopic (exact) mass is 533 g/mol. The summed E-state index contributed by atoms with van der Waals surface area (Å²) in [6.45, 7) is 7.54. The fourth-order valence-corrected chi connectivity index (χ4v) is 4.81. The molecule has 10 nitrogen and oxygen atoms in total. The fourth-order valence-electron chi connectivity index (χ4n) is 4.81. The lowest BCUT2D eigenvalue weighted by atomic mass is 10.0. The summed E-state index contributed by atoms with van der Waals surface area (Å²) in [4.78, 5) is 31.4. The van der Waals surface area contributed by atoms with Crippen LogP contribution in [0.2, 0.25) is 0 Å². The summed E-state index contributed by atoms with van der Waals surface area (Å²) in [6, 6.07) is 11.8. The number of aromatic nitrogens is 2.